The predicted octanol–water partition coefficient (Wildman–Crippen LogP) is 1.85. The van der Waals surface area contributed by atoms with Gasteiger partial charge in [0.1, 0.15) is 0 Å². The van der Waals surface area contributed by atoms with Crippen LogP contribution in [0.4, 0.5) is 5.69 Å². The minimum Gasteiger partial charge on any atom is -0.351 e. The van der Waals surface area contributed by atoms with E-state index in [-0.39, 0.29) is 5.91 Å². The molecule has 1 amide bonds. The van der Waals surface area contributed by atoms with Gasteiger partial charge in [0.2, 0.25) is 5.91 Å². The minimum absolute atomic E-state index is 0.136. The fourth-order valence-corrected chi connectivity index (χ4v) is 1.78. The van der Waals surface area contributed by atoms with Gasteiger partial charge in [-0.05, 0) is 30.7 Å². The fraction of sp³-hybridized carbons (Fsp3) is 0.308. The molecule has 0 saturated carbocycles. The third kappa shape index (κ3) is 2.31. The third-order valence-electron chi connectivity index (χ3n) is 2.93. The molecule has 2 rings (SSSR count). The Hall–Kier alpha value is -1.81. The van der Waals surface area contributed by atoms with Gasteiger partial charge >= 0.3 is 0 Å². The van der Waals surface area contributed by atoms with Crippen LogP contribution < -0.4 is 11.1 Å². The number of amides is 1. The molecule has 4 nitrogen and oxygen atoms in total. The highest BCUT2D eigenvalue weighted by molar-refractivity contribution is 5.96. The summed E-state index contributed by atoms with van der Waals surface area (Å²) in [4.78, 5) is 11.6. The summed E-state index contributed by atoms with van der Waals surface area (Å²) in [5, 5.41) is 3.93. The maximum atomic E-state index is 11.6. The van der Waals surface area contributed by atoms with Crippen molar-refractivity contribution in [1.82, 2.24) is 4.57 Å². The van der Waals surface area contributed by atoms with Crippen molar-refractivity contribution >= 4 is 22.5 Å². The number of hydrogen-bond acceptors (Lipinski definition) is 2. The first kappa shape index (κ1) is 11.7. The first-order chi connectivity index (χ1) is 8.11. The van der Waals surface area contributed by atoms with Crippen LogP contribution in [0.3, 0.4) is 0 Å². The number of hydrogen-bond donors (Lipinski definition) is 2. The second kappa shape index (κ2) is 4.59. The van der Waals surface area contributed by atoms with E-state index in [0.717, 1.165) is 16.6 Å². The van der Waals surface area contributed by atoms with Crippen LogP contribution in [0.2, 0.25) is 0 Å². The van der Waals surface area contributed by atoms with E-state index in [2.05, 4.69) is 5.32 Å². The van der Waals surface area contributed by atoms with Gasteiger partial charge in [-0.1, -0.05) is 6.92 Å². The van der Waals surface area contributed by atoms with Crippen LogP contribution in [0.25, 0.3) is 10.9 Å². The molecule has 2 aromatic rings. The molecular formula is C13H17N3O. The lowest BCUT2D eigenvalue weighted by atomic mass is 10.2. The lowest BCUT2D eigenvalue weighted by Gasteiger charge is -2.10. The smallest absolute Gasteiger partial charge is 0.241 e. The van der Waals surface area contributed by atoms with Crippen LogP contribution in [0.15, 0.2) is 30.5 Å². The molecular weight excluding hydrogens is 214 g/mol. The maximum Gasteiger partial charge on any atom is 0.241 e. The minimum atomic E-state index is -0.443. The number of aryl methyl sites for hydroxylation is 1. The van der Waals surface area contributed by atoms with Crippen molar-refractivity contribution in [3.8, 4) is 0 Å². The molecule has 90 valence electrons. The Morgan fingerprint density at radius 2 is 2.24 bits per heavy atom. The van der Waals surface area contributed by atoms with E-state index in [4.69, 9.17) is 5.73 Å². The molecule has 1 atom stereocenters. The Labute approximate surface area is 100 Å². The molecule has 0 aliphatic heterocycles. The summed E-state index contributed by atoms with van der Waals surface area (Å²) in [5.41, 5.74) is 7.60. The van der Waals surface area contributed by atoms with Crippen LogP contribution >= 0.6 is 0 Å². The monoisotopic (exact) mass is 231 g/mol. The second-order valence-corrected chi connectivity index (χ2v) is 4.20. The van der Waals surface area contributed by atoms with Crippen molar-refractivity contribution in [1.29, 1.82) is 0 Å². The number of fused-ring (bicyclic) bond motifs is 1. The van der Waals surface area contributed by atoms with Crippen LogP contribution in [-0.2, 0) is 11.8 Å². The second-order valence-electron chi connectivity index (χ2n) is 4.20. The lowest BCUT2D eigenvalue weighted by Crippen LogP contribution is -2.34. The Morgan fingerprint density at radius 1 is 1.47 bits per heavy atom. The number of carbonyl (C=O) groups excluding carboxylic acids is 1. The van der Waals surface area contributed by atoms with Crippen molar-refractivity contribution < 1.29 is 4.79 Å². The van der Waals surface area contributed by atoms with Crippen LogP contribution in [-0.4, -0.2) is 16.5 Å². The standard InChI is InChI=1S/C13H17N3O/c1-3-11(14)13(17)15-10-4-5-12-9(8-10)6-7-16(12)2/h4-8,11H,3,14H2,1-2H3,(H,15,17). The molecule has 1 unspecified atom stereocenters. The highest BCUT2D eigenvalue weighted by atomic mass is 16.2. The highest BCUT2D eigenvalue weighted by Gasteiger charge is 2.11. The Morgan fingerprint density at radius 3 is 2.94 bits per heavy atom. The van der Waals surface area contributed by atoms with Crippen LogP contribution in [0.1, 0.15) is 13.3 Å². The van der Waals surface area contributed by atoms with Crippen molar-refractivity contribution in [2.24, 2.45) is 12.8 Å². The number of nitrogens with one attached hydrogen (secondary N) is 1. The first-order valence-corrected chi connectivity index (χ1v) is 5.73. The average molecular weight is 231 g/mol. The van der Waals surface area contributed by atoms with Gasteiger partial charge in [-0.2, -0.15) is 0 Å². The van der Waals surface area contributed by atoms with Gasteiger partial charge in [0.15, 0.2) is 0 Å². The van der Waals surface area contributed by atoms with Crippen LogP contribution in [0, 0.1) is 0 Å². The van der Waals surface area contributed by atoms with Gasteiger partial charge in [-0.25, -0.2) is 0 Å². The molecule has 3 N–H and O–H groups in total. The maximum absolute atomic E-state index is 11.6. The van der Waals surface area contributed by atoms with E-state index in [1.807, 2.05) is 49.0 Å². The van der Waals surface area contributed by atoms with Gasteiger partial charge < -0.3 is 15.6 Å². The quantitative estimate of drug-likeness (QED) is 0.847. The van der Waals surface area contributed by atoms with E-state index in [9.17, 15) is 4.79 Å². The van der Waals surface area contributed by atoms with E-state index < -0.39 is 6.04 Å². The highest BCUT2D eigenvalue weighted by Crippen LogP contribution is 2.19. The normalized spacial score (nSPS) is 12.6. The number of aromatic nitrogens is 1. The van der Waals surface area contributed by atoms with Gasteiger partial charge in [0, 0.05) is 29.8 Å². The summed E-state index contributed by atoms with van der Waals surface area (Å²) in [5.74, 6) is -0.136. The summed E-state index contributed by atoms with van der Waals surface area (Å²) < 4.78 is 2.04. The number of nitrogens with two attached hydrogens (primary N) is 1. The number of anilines is 1. The summed E-state index contributed by atoms with van der Waals surface area (Å²) in [6, 6.07) is 7.41. The average Bonchev–Trinajstić information content (AvgIpc) is 2.69. The van der Waals surface area contributed by atoms with Crippen LogP contribution in [0.5, 0.6) is 0 Å². The van der Waals surface area contributed by atoms with Gasteiger partial charge in [-0.15, -0.1) is 0 Å². The first-order valence-electron chi connectivity index (χ1n) is 5.73. The topological polar surface area (TPSA) is 60.1 Å². The van der Waals surface area contributed by atoms with E-state index in [1.165, 1.54) is 0 Å². The zero-order valence-corrected chi connectivity index (χ0v) is 10.1. The number of rotatable bonds is 3. The fourth-order valence-electron chi connectivity index (χ4n) is 1.78. The number of benzene rings is 1. The van der Waals surface area contributed by atoms with E-state index >= 15 is 0 Å². The van der Waals surface area contributed by atoms with E-state index in [0.29, 0.717) is 6.42 Å². The SMILES string of the molecule is CCC(N)C(=O)Nc1ccc2c(ccn2C)c1. The van der Waals surface area contributed by atoms with Crippen molar-refractivity contribution in [2.75, 3.05) is 5.32 Å². The Kier molecular flexibility index (Phi) is 3.15. The molecule has 1 aromatic carbocycles. The largest absolute Gasteiger partial charge is 0.351 e. The summed E-state index contributed by atoms with van der Waals surface area (Å²) in [6.07, 6.45) is 2.63. The van der Waals surface area contributed by atoms with Crippen molar-refractivity contribution in [2.45, 2.75) is 19.4 Å². The van der Waals surface area contributed by atoms with Gasteiger partial charge in [-0.3, -0.25) is 4.79 Å². The molecule has 0 saturated heterocycles. The van der Waals surface area contributed by atoms with Gasteiger partial charge in [0.25, 0.3) is 0 Å². The Bertz CT molecular complexity index is 545. The molecule has 0 spiro atoms. The third-order valence-corrected chi connectivity index (χ3v) is 2.93. The Balaban J connectivity index is 2.22. The molecule has 1 aromatic heterocycles. The lowest BCUT2D eigenvalue weighted by molar-refractivity contribution is -0.117. The summed E-state index contributed by atoms with van der Waals surface area (Å²) in [7, 11) is 1.99. The number of nitrogens with zero attached hydrogens (tertiary/aromatic N) is 1. The van der Waals surface area contributed by atoms with Crippen molar-refractivity contribution in [3.05, 3.63) is 30.5 Å². The summed E-state index contributed by atoms with van der Waals surface area (Å²) in [6.45, 7) is 1.89. The predicted molar refractivity (Wildman–Crippen MR) is 69.8 cm³/mol. The van der Waals surface area contributed by atoms with Crippen molar-refractivity contribution in [3.63, 3.8) is 0 Å². The molecule has 17 heavy (non-hydrogen) atoms. The van der Waals surface area contributed by atoms with Gasteiger partial charge in [0.05, 0.1) is 6.04 Å². The molecule has 0 fully saturated rings. The molecule has 0 radical (unpaired) electrons. The molecule has 4 heteroatoms. The molecule has 0 bridgehead atoms. The molecule has 0 aliphatic carbocycles. The number of carbonyl (C=O) groups is 1. The molecule has 1 heterocycles. The zero-order chi connectivity index (χ0) is 12.4. The summed E-state index contributed by atoms with van der Waals surface area (Å²) >= 11 is 0. The molecule has 0 aliphatic rings. The van der Waals surface area contributed by atoms with E-state index in [1.54, 1.807) is 0 Å². The zero-order valence-electron chi connectivity index (χ0n) is 10.1.